The molecule has 0 aliphatic rings. The number of nitrogens with zero attached hydrogens (tertiary/aromatic N) is 1. The van der Waals surface area contributed by atoms with Crippen molar-refractivity contribution in [3.05, 3.63) is 24.3 Å². The molecule has 0 aliphatic carbocycles. The molecule has 0 saturated heterocycles. The third-order valence-electron chi connectivity index (χ3n) is 2.97. The molecule has 0 heterocycles. The second-order valence-corrected chi connectivity index (χ2v) is 4.47. The van der Waals surface area contributed by atoms with Crippen molar-refractivity contribution in [2.75, 3.05) is 31.6 Å². The fourth-order valence-electron chi connectivity index (χ4n) is 1.83. The quantitative estimate of drug-likeness (QED) is 0.759. The molecule has 0 atom stereocenters. The van der Waals surface area contributed by atoms with Gasteiger partial charge in [0.05, 0.1) is 0 Å². The standard InChI is InChI=1S/C15H23N3O3.ClH/c1-3-18(4-2)15(20)11-21-13-7-5-6-12(10-13)17-14(19)8-9-16;/h5-7,10H,3-4,8-9,11,16H2,1-2H3,(H,17,19);1H. The minimum Gasteiger partial charge on any atom is -0.484 e. The van der Waals surface area contributed by atoms with Crippen LogP contribution in [0.4, 0.5) is 5.69 Å². The van der Waals surface area contributed by atoms with Crippen LogP contribution < -0.4 is 15.8 Å². The molecular weight excluding hydrogens is 306 g/mol. The summed E-state index contributed by atoms with van der Waals surface area (Å²) in [6, 6.07) is 6.95. The zero-order valence-corrected chi connectivity index (χ0v) is 13.8. The Bertz CT molecular complexity index is 479. The van der Waals surface area contributed by atoms with Crippen LogP contribution in [0.2, 0.25) is 0 Å². The van der Waals surface area contributed by atoms with Crippen LogP contribution in [0.5, 0.6) is 5.75 Å². The van der Waals surface area contributed by atoms with Crippen LogP contribution in [0.25, 0.3) is 0 Å². The minimum absolute atomic E-state index is 0. The number of halogens is 1. The molecule has 7 heteroatoms. The molecular formula is C15H24ClN3O3. The largest absolute Gasteiger partial charge is 0.484 e. The number of carbonyl (C=O) groups is 2. The van der Waals surface area contributed by atoms with E-state index in [9.17, 15) is 9.59 Å². The molecule has 0 radical (unpaired) electrons. The number of hydrogen-bond donors (Lipinski definition) is 2. The summed E-state index contributed by atoms with van der Waals surface area (Å²) in [4.78, 5) is 25.0. The Hall–Kier alpha value is -1.79. The van der Waals surface area contributed by atoms with Crippen LogP contribution in [-0.4, -0.2) is 43.0 Å². The van der Waals surface area contributed by atoms with E-state index in [4.69, 9.17) is 10.5 Å². The van der Waals surface area contributed by atoms with E-state index in [0.29, 0.717) is 31.1 Å². The Morgan fingerprint density at radius 2 is 1.95 bits per heavy atom. The number of hydrogen-bond acceptors (Lipinski definition) is 4. The van der Waals surface area contributed by atoms with Gasteiger partial charge >= 0.3 is 0 Å². The van der Waals surface area contributed by atoms with E-state index in [1.165, 1.54) is 0 Å². The summed E-state index contributed by atoms with van der Waals surface area (Å²) in [5, 5.41) is 2.72. The van der Waals surface area contributed by atoms with Gasteiger partial charge in [-0.1, -0.05) is 6.07 Å². The molecule has 0 unspecified atom stereocenters. The second kappa shape index (κ2) is 10.9. The van der Waals surface area contributed by atoms with Gasteiger partial charge in [0.1, 0.15) is 5.75 Å². The molecule has 0 saturated carbocycles. The molecule has 0 aliphatic heterocycles. The topological polar surface area (TPSA) is 84.7 Å². The van der Waals surface area contributed by atoms with Crippen LogP contribution in [-0.2, 0) is 9.59 Å². The number of anilines is 1. The number of rotatable bonds is 8. The van der Waals surface area contributed by atoms with Crippen LogP contribution in [0.3, 0.4) is 0 Å². The highest BCUT2D eigenvalue weighted by Crippen LogP contribution is 2.17. The fourth-order valence-corrected chi connectivity index (χ4v) is 1.83. The van der Waals surface area contributed by atoms with Crippen molar-refractivity contribution in [3.8, 4) is 5.75 Å². The lowest BCUT2D eigenvalue weighted by molar-refractivity contribution is -0.133. The second-order valence-electron chi connectivity index (χ2n) is 4.47. The van der Waals surface area contributed by atoms with E-state index < -0.39 is 0 Å². The number of amides is 2. The van der Waals surface area contributed by atoms with E-state index in [1.807, 2.05) is 13.8 Å². The number of nitrogens with two attached hydrogens (primary N) is 1. The first-order valence-electron chi connectivity index (χ1n) is 7.11. The summed E-state index contributed by atoms with van der Waals surface area (Å²) >= 11 is 0. The Balaban J connectivity index is 0.00000441. The molecule has 3 N–H and O–H groups in total. The molecule has 2 amide bonds. The maximum atomic E-state index is 11.8. The average Bonchev–Trinajstić information content (AvgIpc) is 2.47. The number of ether oxygens (including phenoxy) is 1. The van der Waals surface area contributed by atoms with Gasteiger partial charge in [0, 0.05) is 37.8 Å². The summed E-state index contributed by atoms with van der Waals surface area (Å²) < 4.78 is 5.47. The van der Waals surface area contributed by atoms with Crippen molar-refractivity contribution in [2.24, 2.45) is 5.73 Å². The monoisotopic (exact) mass is 329 g/mol. The van der Waals surface area contributed by atoms with Crippen molar-refractivity contribution in [1.82, 2.24) is 4.90 Å². The highest BCUT2D eigenvalue weighted by atomic mass is 35.5. The van der Waals surface area contributed by atoms with Crippen LogP contribution >= 0.6 is 12.4 Å². The van der Waals surface area contributed by atoms with Gasteiger partial charge in [-0.2, -0.15) is 0 Å². The first-order valence-corrected chi connectivity index (χ1v) is 7.11. The highest BCUT2D eigenvalue weighted by molar-refractivity contribution is 5.91. The number of benzene rings is 1. The molecule has 1 rings (SSSR count). The minimum atomic E-state index is -0.145. The lowest BCUT2D eigenvalue weighted by Crippen LogP contribution is -2.34. The highest BCUT2D eigenvalue weighted by Gasteiger charge is 2.10. The number of carbonyl (C=O) groups excluding carboxylic acids is 2. The van der Waals surface area contributed by atoms with Gasteiger partial charge in [-0.05, 0) is 26.0 Å². The Morgan fingerprint density at radius 3 is 2.55 bits per heavy atom. The van der Waals surface area contributed by atoms with Crippen molar-refractivity contribution in [1.29, 1.82) is 0 Å². The van der Waals surface area contributed by atoms with Gasteiger partial charge in [-0.25, -0.2) is 0 Å². The van der Waals surface area contributed by atoms with Gasteiger partial charge in [-0.3, -0.25) is 9.59 Å². The molecule has 1 aromatic rings. The van der Waals surface area contributed by atoms with E-state index in [-0.39, 0.29) is 37.2 Å². The molecule has 0 aromatic heterocycles. The van der Waals surface area contributed by atoms with Gasteiger partial charge < -0.3 is 20.7 Å². The lowest BCUT2D eigenvalue weighted by atomic mass is 10.3. The van der Waals surface area contributed by atoms with Crippen molar-refractivity contribution in [3.63, 3.8) is 0 Å². The van der Waals surface area contributed by atoms with E-state index >= 15 is 0 Å². The summed E-state index contributed by atoms with van der Waals surface area (Å²) in [5.41, 5.74) is 5.95. The van der Waals surface area contributed by atoms with Crippen LogP contribution in [0.15, 0.2) is 24.3 Å². The molecule has 124 valence electrons. The van der Waals surface area contributed by atoms with Crippen molar-refractivity contribution < 1.29 is 14.3 Å². The predicted octanol–water partition coefficient (Wildman–Crippen LogP) is 1.64. The molecule has 22 heavy (non-hydrogen) atoms. The zero-order chi connectivity index (χ0) is 15.7. The number of likely N-dealkylation sites (N-methyl/N-ethyl adjacent to an activating group) is 1. The first-order chi connectivity index (χ1) is 10.1. The maximum Gasteiger partial charge on any atom is 0.260 e. The van der Waals surface area contributed by atoms with Crippen molar-refractivity contribution in [2.45, 2.75) is 20.3 Å². The number of nitrogens with one attached hydrogen (secondary N) is 1. The van der Waals surface area contributed by atoms with Crippen LogP contribution in [0, 0.1) is 0 Å². The van der Waals surface area contributed by atoms with E-state index in [0.717, 1.165) is 0 Å². The summed E-state index contributed by atoms with van der Waals surface area (Å²) in [6.45, 7) is 5.47. The molecule has 0 spiro atoms. The van der Waals surface area contributed by atoms with Crippen LogP contribution in [0.1, 0.15) is 20.3 Å². The smallest absolute Gasteiger partial charge is 0.260 e. The molecule has 0 bridgehead atoms. The Morgan fingerprint density at radius 1 is 1.27 bits per heavy atom. The van der Waals surface area contributed by atoms with E-state index in [2.05, 4.69) is 5.32 Å². The summed E-state index contributed by atoms with van der Waals surface area (Å²) in [6.07, 6.45) is 0.269. The average molecular weight is 330 g/mol. The van der Waals surface area contributed by atoms with Gasteiger partial charge in [0.25, 0.3) is 5.91 Å². The molecule has 0 fully saturated rings. The SMILES string of the molecule is CCN(CC)C(=O)COc1cccc(NC(=O)CCN)c1.Cl. The third kappa shape index (κ3) is 6.78. The maximum absolute atomic E-state index is 11.8. The fraction of sp³-hybridized carbons (Fsp3) is 0.467. The zero-order valence-electron chi connectivity index (χ0n) is 13.0. The van der Waals surface area contributed by atoms with Crippen molar-refractivity contribution >= 4 is 29.9 Å². The molecule has 6 nitrogen and oxygen atoms in total. The van der Waals surface area contributed by atoms with E-state index in [1.54, 1.807) is 29.2 Å². The Kier molecular flexibility index (Phi) is 9.98. The Labute approximate surface area is 137 Å². The summed E-state index contributed by atoms with van der Waals surface area (Å²) in [7, 11) is 0. The normalized spacial score (nSPS) is 9.59. The third-order valence-corrected chi connectivity index (χ3v) is 2.97. The van der Waals surface area contributed by atoms with Gasteiger partial charge in [0.2, 0.25) is 5.91 Å². The van der Waals surface area contributed by atoms with Gasteiger partial charge in [-0.15, -0.1) is 12.4 Å². The van der Waals surface area contributed by atoms with Gasteiger partial charge in [0.15, 0.2) is 6.61 Å². The summed E-state index contributed by atoms with van der Waals surface area (Å²) in [5.74, 6) is 0.340. The first kappa shape index (κ1) is 20.2. The predicted molar refractivity (Wildman–Crippen MR) is 89.4 cm³/mol. The molecule has 1 aromatic carbocycles. The lowest BCUT2D eigenvalue weighted by Gasteiger charge is -2.18.